The number of benzene rings is 2. The van der Waals surface area contributed by atoms with E-state index in [1.165, 1.54) is 19.2 Å². The maximum atomic E-state index is 12.7. The Morgan fingerprint density at radius 3 is 2.25 bits per heavy atom. The van der Waals surface area contributed by atoms with Crippen molar-refractivity contribution >= 4 is 17.6 Å². The van der Waals surface area contributed by atoms with Crippen molar-refractivity contribution in [3.63, 3.8) is 0 Å². The molecule has 0 bridgehead atoms. The first kappa shape index (κ1) is 17.5. The molecule has 126 valence electrons. The largest absolute Gasteiger partial charge is 0.496 e. The Morgan fingerprint density at radius 1 is 1.08 bits per heavy atom. The molecule has 0 heterocycles. The number of rotatable bonds is 5. The lowest BCUT2D eigenvalue weighted by atomic mass is 9.83. The number of aromatic carboxylic acids is 1. The second-order valence-corrected chi connectivity index (χ2v) is 6.17. The highest BCUT2D eigenvalue weighted by molar-refractivity contribution is 5.99. The van der Waals surface area contributed by atoms with Gasteiger partial charge < -0.3 is 15.2 Å². The van der Waals surface area contributed by atoms with E-state index in [0.29, 0.717) is 5.69 Å². The minimum Gasteiger partial charge on any atom is -0.496 e. The fourth-order valence-corrected chi connectivity index (χ4v) is 2.33. The quantitative estimate of drug-likeness (QED) is 0.879. The van der Waals surface area contributed by atoms with Gasteiger partial charge in [0.05, 0.1) is 12.5 Å². The van der Waals surface area contributed by atoms with Crippen molar-refractivity contribution in [2.24, 2.45) is 0 Å². The fourth-order valence-electron chi connectivity index (χ4n) is 2.33. The summed E-state index contributed by atoms with van der Waals surface area (Å²) in [5, 5.41) is 11.9. The third-order valence-electron chi connectivity index (χ3n) is 4.03. The van der Waals surface area contributed by atoms with Crippen molar-refractivity contribution in [1.82, 2.24) is 0 Å². The van der Waals surface area contributed by atoms with Crippen LogP contribution in [0.5, 0.6) is 5.75 Å². The van der Waals surface area contributed by atoms with Crippen LogP contribution >= 0.6 is 0 Å². The second kappa shape index (κ2) is 6.74. The molecule has 5 heteroatoms. The Labute approximate surface area is 141 Å². The molecule has 0 aliphatic rings. The van der Waals surface area contributed by atoms with E-state index >= 15 is 0 Å². The summed E-state index contributed by atoms with van der Waals surface area (Å²) in [6.07, 6.45) is 0. The molecule has 0 radical (unpaired) electrons. The molecule has 2 rings (SSSR count). The van der Waals surface area contributed by atoms with Gasteiger partial charge in [0.1, 0.15) is 11.3 Å². The minimum absolute atomic E-state index is 0.0493. The molecule has 2 aromatic carbocycles. The van der Waals surface area contributed by atoms with Crippen LogP contribution in [0, 0.1) is 6.92 Å². The molecule has 0 unspecified atom stereocenters. The molecule has 0 spiro atoms. The van der Waals surface area contributed by atoms with Crippen LogP contribution in [0.2, 0.25) is 0 Å². The Kier molecular flexibility index (Phi) is 4.93. The molecule has 0 saturated carbocycles. The van der Waals surface area contributed by atoms with Gasteiger partial charge in [-0.2, -0.15) is 0 Å². The highest BCUT2D eigenvalue weighted by Crippen LogP contribution is 2.28. The fraction of sp³-hybridized carbons (Fsp3) is 0.263. The third-order valence-corrected chi connectivity index (χ3v) is 4.03. The predicted octanol–water partition coefficient (Wildman–Crippen LogP) is 3.62. The number of hydrogen-bond donors (Lipinski definition) is 2. The lowest BCUT2D eigenvalue weighted by molar-refractivity contribution is -0.120. The average Bonchev–Trinajstić information content (AvgIpc) is 2.54. The van der Waals surface area contributed by atoms with E-state index in [1.807, 2.05) is 45.0 Å². The van der Waals surface area contributed by atoms with Gasteiger partial charge in [-0.3, -0.25) is 4.79 Å². The standard InChI is InChI=1S/C19H21NO4/c1-12-5-7-13(8-6-12)19(2,3)18(23)20-14-9-10-15(17(21)22)16(11-14)24-4/h5-11H,1-4H3,(H,20,23)(H,21,22). The lowest BCUT2D eigenvalue weighted by Gasteiger charge is -2.24. The number of ether oxygens (including phenoxy) is 1. The number of carboxylic acids is 1. The number of carboxylic acid groups (broad SMARTS) is 1. The summed E-state index contributed by atoms with van der Waals surface area (Å²) < 4.78 is 5.08. The van der Waals surface area contributed by atoms with Crippen molar-refractivity contribution in [2.75, 3.05) is 12.4 Å². The maximum absolute atomic E-state index is 12.7. The molecule has 5 nitrogen and oxygen atoms in total. The van der Waals surface area contributed by atoms with Gasteiger partial charge in [0.15, 0.2) is 0 Å². The molecule has 2 N–H and O–H groups in total. The van der Waals surface area contributed by atoms with Gasteiger partial charge in [-0.15, -0.1) is 0 Å². The summed E-state index contributed by atoms with van der Waals surface area (Å²) in [5.41, 5.74) is 1.84. The highest BCUT2D eigenvalue weighted by Gasteiger charge is 2.30. The number of carbonyl (C=O) groups is 2. The molecule has 0 saturated heterocycles. The van der Waals surface area contributed by atoms with E-state index in [1.54, 1.807) is 6.07 Å². The van der Waals surface area contributed by atoms with E-state index in [4.69, 9.17) is 9.84 Å². The minimum atomic E-state index is -1.08. The Hall–Kier alpha value is -2.82. The van der Waals surface area contributed by atoms with Gasteiger partial charge in [-0.25, -0.2) is 4.79 Å². The van der Waals surface area contributed by atoms with Crippen LogP contribution in [0.15, 0.2) is 42.5 Å². The second-order valence-electron chi connectivity index (χ2n) is 6.17. The van der Waals surface area contributed by atoms with E-state index in [0.717, 1.165) is 11.1 Å². The molecule has 0 atom stereocenters. The predicted molar refractivity (Wildman–Crippen MR) is 92.8 cm³/mol. The normalized spacial score (nSPS) is 11.0. The molecule has 24 heavy (non-hydrogen) atoms. The van der Waals surface area contributed by atoms with Gasteiger partial charge in [-0.1, -0.05) is 29.8 Å². The zero-order chi connectivity index (χ0) is 17.9. The monoisotopic (exact) mass is 327 g/mol. The number of carbonyl (C=O) groups excluding carboxylic acids is 1. The summed E-state index contributed by atoms with van der Waals surface area (Å²) >= 11 is 0. The Morgan fingerprint density at radius 2 is 1.71 bits per heavy atom. The molecule has 0 aliphatic carbocycles. The zero-order valence-electron chi connectivity index (χ0n) is 14.2. The molecule has 0 aliphatic heterocycles. The molecule has 2 aromatic rings. The van der Waals surface area contributed by atoms with Crippen LogP contribution in [-0.2, 0) is 10.2 Å². The topological polar surface area (TPSA) is 75.6 Å². The SMILES string of the molecule is COc1cc(NC(=O)C(C)(C)c2ccc(C)cc2)ccc1C(=O)O. The third kappa shape index (κ3) is 3.56. The smallest absolute Gasteiger partial charge is 0.339 e. The van der Waals surface area contributed by atoms with E-state index in [9.17, 15) is 9.59 Å². The van der Waals surface area contributed by atoms with Gasteiger partial charge in [0.25, 0.3) is 0 Å². The molecule has 0 aromatic heterocycles. The van der Waals surface area contributed by atoms with Crippen molar-refractivity contribution in [3.8, 4) is 5.75 Å². The van der Waals surface area contributed by atoms with E-state index in [-0.39, 0.29) is 17.2 Å². The first-order valence-electron chi connectivity index (χ1n) is 7.55. The highest BCUT2D eigenvalue weighted by atomic mass is 16.5. The zero-order valence-corrected chi connectivity index (χ0v) is 14.2. The van der Waals surface area contributed by atoms with Crippen LogP contribution in [0.3, 0.4) is 0 Å². The van der Waals surface area contributed by atoms with Crippen LogP contribution in [-0.4, -0.2) is 24.1 Å². The lowest BCUT2D eigenvalue weighted by Crippen LogP contribution is -2.34. The van der Waals surface area contributed by atoms with Gasteiger partial charge in [0, 0.05) is 11.8 Å². The summed E-state index contributed by atoms with van der Waals surface area (Å²) in [7, 11) is 1.39. The molecule has 0 fully saturated rings. The number of hydrogen-bond acceptors (Lipinski definition) is 3. The van der Waals surface area contributed by atoms with Gasteiger partial charge in [-0.05, 0) is 38.5 Å². The number of anilines is 1. The Bertz CT molecular complexity index is 763. The van der Waals surface area contributed by atoms with E-state index in [2.05, 4.69) is 5.32 Å². The first-order chi connectivity index (χ1) is 11.3. The Balaban J connectivity index is 2.25. The number of nitrogens with one attached hydrogen (secondary N) is 1. The molecule has 1 amide bonds. The summed E-state index contributed by atoms with van der Waals surface area (Å²) in [4.78, 5) is 23.8. The van der Waals surface area contributed by atoms with Crippen LogP contribution in [0.4, 0.5) is 5.69 Å². The van der Waals surface area contributed by atoms with Crippen LogP contribution in [0.25, 0.3) is 0 Å². The number of aryl methyl sites for hydroxylation is 1. The van der Waals surface area contributed by atoms with Crippen molar-refractivity contribution in [1.29, 1.82) is 0 Å². The maximum Gasteiger partial charge on any atom is 0.339 e. The van der Waals surface area contributed by atoms with Crippen molar-refractivity contribution in [2.45, 2.75) is 26.2 Å². The van der Waals surface area contributed by atoms with Gasteiger partial charge in [0.2, 0.25) is 5.91 Å². The summed E-state index contributed by atoms with van der Waals surface area (Å²) in [5.74, 6) is -1.06. The number of methoxy groups -OCH3 is 1. The summed E-state index contributed by atoms with van der Waals surface area (Å²) in [6.45, 7) is 5.68. The molecular formula is C19H21NO4. The van der Waals surface area contributed by atoms with Gasteiger partial charge >= 0.3 is 5.97 Å². The average molecular weight is 327 g/mol. The van der Waals surface area contributed by atoms with Crippen LogP contribution in [0.1, 0.15) is 35.3 Å². The van der Waals surface area contributed by atoms with Crippen molar-refractivity contribution in [3.05, 3.63) is 59.2 Å². The van der Waals surface area contributed by atoms with Crippen LogP contribution < -0.4 is 10.1 Å². The number of amides is 1. The van der Waals surface area contributed by atoms with Crippen molar-refractivity contribution < 1.29 is 19.4 Å². The first-order valence-corrected chi connectivity index (χ1v) is 7.55. The van der Waals surface area contributed by atoms with E-state index < -0.39 is 11.4 Å². The summed E-state index contributed by atoms with van der Waals surface area (Å²) in [6, 6.07) is 12.3. The molecular weight excluding hydrogens is 306 g/mol.